The molecule has 0 saturated carbocycles. The van der Waals surface area contributed by atoms with Crippen LogP contribution in [0, 0.1) is 12.8 Å². The zero-order chi connectivity index (χ0) is 22.3. The van der Waals surface area contributed by atoms with Gasteiger partial charge in [-0.15, -0.1) is 11.3 Å². The van der Waals surface area contributed by atoms with Crippen molar-refractivity contribution in [3.05, 3.63) is 16.0 Å². The number of hydrogen-bond acceptors (Lipinski definition) is 7. The number of thiophene rings is 1. The largest absolute Gasteiger partial charge is 0.461 e. The van der Waals surface area contributed by atoms with Crippen LogP contribution in [0.15, 0.2) is 0 Å². The smallest absolute Gasteiger partial charge is 0.348 e. The number of unbranched alkanes of at least 4 members (excludes halogenated alkanes) is 5. The van der Waals surface area contributed by atoms with Crippen LogP contribution in [0.1, 0.15) is 84.9 Å². The van der Waals surface area contributed by atoms with Gasteiger partial charge in [0.2, 0.25) is 6.35 Å². The average molecular weight is 440 g/mol. The highest BCUT2D eigenvalue weighted by Crippen LogP contribution is 2.40. The lowest BCUT2D eigenvalue weighted by Crippen LogP contribution is -2.56. The van der Waals surface area contributed by atoms with E-state index >= 15 is 0 Å². The molecule has 0 spiro atoms. The third-order valence-corrected chi connectivity index (χ3v) is 6.10. The van der Waals surface area contributed by atoms with E-state index in [0.29, 0.717) is 17.1 Å². The van der Waals surface area contributed by atoms with Gasteiger partial charge < -0.3 is 15.2 Å². The quantitative estimate of drug-likeness (QED) is 0.396. The van der Waals surface area contributed by atoms with E-state index in [0.717, 1.165) is 30.6 Å². The minimum Gasteiger partial charge on any atom is -0.461 e. The zero-order valence-corrected chi connectivity index (χ0v) is 19.1. The van der Waals surface area contributed by atoms with E-state index in [1.54, 1.807) is 6.92 Å². The van der Waals surface area contributed by atoms with Crippen molar-refractivity contribution in [2.75, 3.05) is 18.1 Å². The number of fused-ring (bicyclic) bond motifs is 1. The fourth-order valence-electron chi connectivity index (χ4n) is 3.21. The van der Waals surface area contributed by atoms with Crippen LogP contribution in [0.25, 0.3) is 0 Å². The van der Waals surface area contributed by atoms with Crippen molar-refractivity contribution in [3.8, 4) is 0 Å². The Morgan fingerprint density at radius 3 is 2.53 bits per heavy atom. The molecule has 8 nitrogen and oxygen atoms in total. The summed E-state index contributed by atoms with van der Waals surface area (Å²) in [5, 5.41) is 3.40. The molecule has 0 radical (unpaired) electrons. The molecule has 0 aliphatic carbocycles. The summed E-state index contributed by atoms with van der Waals surface area (Å²) in [5.74, 6) is -0.916. The van der Waals surface area contributed by atoms with Crippen LogP contribution in [0.3, 0.4) is 0 Å². The van der Waals surface area contributed by atoms with Crippen molar-refractivity contribution in [2.45, 2.75) is 72.6 Å². The molecule has 2 heterocycles. The van der Waals surface area contributed by atoms with E-state index in [9.17, 15) is 14.4 Å². The van der Waals surface area contributed by atoms with Crippen LogP contribution in [-0.2, 0) is 9.47 Å². The van der Waals surface area contributed by atoms with E-state index in [2.05, 4.69) is 12.2 Å². The molecule has 1 aromatic heterocycles. The second-order valence-electron chi connectivity index (χ2n) is 7.92. The Labute approximate surface area is 182 Å². The zero-order valence-electron chi connectivity index (χ0n) is 18.3. The first-order chi connectivity index (χ1) is 14.3. The second kappa shape index (κ2) is 11.3. The molecule has 1 aromatic rings. The molecule has 0 fully saturated rings. The molecule has 0 bridgehead atoms. The van der Waals surface area contributed by atoms with Gasteiger partial charge in [0, 0.05) is 6.54 Å². The second-order valence-corrected chi connectivity index (χ2v) is 8.92. The van der Waals surface area contributed by atoms with Crippen LogP contribution in [0.5, 0.6) is 0 Å². The summed E-state index contributed by atoms with van der Waals surface area (Å²) in [6, 6.07) is -0.757. The van der Waals surface area contributed by atoms with Gasteiger partial charge in [-0.05, 0) is 24.8 Å². The maximum Gasteiger partial charge on any atom is 0.348 e. The van der Waals surface area contributed by atoms with Gasteiger partial charge in [0.05, 0.1) is 12.2 Å². The number of carbonyl (C=O) groups is 3. The number of amides is 2. The van der Waals surface area contributed by atoms with Crippen molar-refractivity contribution in [3.63, 3.8) is 0 Å². The number of anilines is 1. The highest BCUT2D eigenvalue weighted by molar-refractivity contribution is 7.18. The molecule has 2 amide bonds. The first kappa shape index (κ1) is 24.1. The lowest BCUT2D eigenvalue weighted by atomic mass is 10.1. The molecule has 0 saturated heterocycles. The molecule has 1 aliphatic heterocycles. The first-order valence-corrected chi connectivity index (χ1v) is 11.4. The molecule has 168 valence electrons. The molecule has 2 rings (SSSR count). The first-order valence-electron chi connectivity index (χ1n) is 10.6. The van der Waals surface area contributed by atoms with Crippen molar-refractivity contribution >= 4 is 34.3 Å². The summed E-state index contributed by atoms with van der Waals surface area (Å²) >= 11 is 1.03. The number of nitrogens with two attached hydrogens (primary N) is 1. The van der Waals surface area contributed by atoms with Gasteiger partial charge in [0.1, 0.15) is 9.88 Å². The molecule has 1 atom stereocenters. The fraction of sp³-hybridized carbons (Fsp3) is 0.667. The van der Waals surface area contributed by atoms with Crippen molar-refractivity contribution < 1.29 is 23.9 Å². The van der Waals surface area contributed by atoms with E-state index < -0.39 is 24.3 Å². The molecule has 1 aliphatic rings. The number of nitrogens with one attached hydrogen (secondary N) is 1. The number of urea groups is 1. The predicted octanol–water partition coefficient (Wildman–Crippen LogP) is 4.16. The molecule has 1 unspecified atom stereocenters. The van der Waals surface area contributed by atoms with Gasteiger partial charge in [-0.2, -0.15) is 0 Å². The molecular formula is C21H33N3O5S. The number of cyclic esters (lactones) is 1. The molecule has 3 N–H and O–H groups in total. The van der Waals surface area contributed by atoms with Gasteiger partial charge in [0.15, 0.2) is 0 Å². The van der Waals surface area contributed by atoms with Crippen LogP contribution in [0.4, 0.5) is 9.80 Å². The Hall–Kier alpha value is -2.13. The molecule has 0 aromatic carbocycles. The SMILES string of the molecule is CCCCCCCCNC1OC(=O)c2c(sc(C(=O)OCC(C)C)c2C)N1C(N)=O. The number of hydrogen-bond donors (Lipinski definition) is 2. The fourth-order valence-corrected chi connectivity index (χ4v) is 4.42. The van der Waals surface area contributed by atoms with Crippen LogP contribution >= 0.6 is 11.3 Å². The lowest BCUT2D eigenvalue weighted by molar-refractivity contribution is 0.0194. The van der Waals surface area contributed by atoms with Gasteiger partial charge >= 0.3 is 18.0 Å². The number of primary amides is 1. The summed E-state index contributed by atoms with van der Waals surface area (Å²) < 4.78 is 10.7. The predicted molar refractivity (Wildman–Crippen MR) is 117 cm³/mol. The number of esters is 2. The van der Waals surface area contributed by atoms with Gasteiger partial charge in [0.25, 0.3) is 0 Å². The van der Waals surface area contributed by atoms with Gasteiger partial charge in [-0.25, -0.2) is 19.3 Å². The molecular weight excluding hydrogens is 406 g/mol. The van der Waals surface area contributed by atoms with E-state index in [1.165, 1.54) is 24.2 Å². The maximum absolute atomic E-state index is 12.6. The Morgan fingerprint density at radius 2 is 1.90 bits per heavy atom. The number of carbonyl (C=O) groups excluding carboxylic acids is 3. The minimum atomic E-state index is -0.990. The van der Waals surface area contributed by atoms with Gasteiger partial charge in [-0.3, -0.25) is 5.32 Å². The highest BCUT2D eigenvalue weighted by atomic mass is 32.1. The summed E-state index contributed by atoms with van der Waals surface area (Å²) in [6.45, 7) is 8.54. The minimum absolute atomic E-state index is 0.187. The third-order valence-electron chi connectivity index (χ3n) is 4.82. The number of nitrogens with zero attached hydrogens (tertiary/aromatic N) is 1. The topological polar surface area (TPSA) is 111 Å². The number of ether oxygens (including phenoxy) is 2. The Kier molecular flexibility index (Phi) is 9.10. The van der Waals surface area contributed by atoms with E-state index in [1.807, 2.05) is 13.8 Å². The molecule has 9 heteroatoms. The standard InChI is InChI=1S/C21H33N3O5S/c1-5-6-7-8-9-10-11-23-21-24(20(22)27)17-15(18(25)29-21)14(4)16(30-17)19(26)28-12-13(2)3/h13,21,23H,5-12H2,1-4H3,(H2,22,27). The summed E-state index contributed by atoms with van der Waals surface area (Å²) in [7, 11) is 0. The van der Waals surface area contributed by atoms with Crippen LogP contribution in [-0.4, -0.2) is 37.5 Å². The monoisotopic (exact) mass is 439 g/mol. The summed E-state index contributed by atoms with van der Waals surface area (Å²) in [4.78, 5) is 38.7. The third kappa shape index (κ3) is 5.95. The summed E-state index contributed by atoms with van der Waals surface area (Å²) in [6.07, 6.45) is 5.74. The maximum atomic E-state index is 12.6. The van der Waals surface area contributed by atoms with Gasteiger partial charge in [-0.1, -0.05) is 52.9 Å². The summed E-state index contributed by atoms with van der Waals surface area (Å²) in [5.41, 5.74) is 6.21. The Morgan fingerprint density at radius 1 is 1.23 bits per heavy atom. The van der Waals surface area contributed by atoms with Crippen LogP contribution < -0.4 is 16.0 Å². The van der Waals surface area contributed by atoms with E-state index in [4.69, 9.17) is 15.2 Å². The lowest BCUT2D eigenvalue weighted by Gasteiger charge is -2.33. The van der Waals surface area contributed by atoms with Crippen molar-refractivity contribution in [2.24, 2.45) is 11.7 Å². The Balaban J connectivity index is 2.11. The Bertz CT molecular complexity index is 762. The number of rotatable bonds is 11. The molecule has 30 heavy (non-hydrogen) atoms. The van der Waals surface area contributed by atoms with Crippen LogP contribution in [0.2, 0.25) is 0 Å². The van der Waals surface area contributed by atoms with Crippen molar-refractivity contribution in [1.82, 2.24) is 5.32 Å². The highest BCUT2D eigenvalue weighted by Gasteiger charge is 2.40. The van der Waals surface area contributed by atoms with Crippen molar-refractivity contribution in [1.29, 1.82) is 0 Å². The average Bonchev–Trinajstić information content (AvgIpc) is 3.02. The van der Waals surface area contributed by atoms with E-state index in [-0.39, 0.29) is 23.0 Å². The normalized spacial score (nSPS) is 15.8.